The summed E-state index contributed by atoms with van der Waals surface area (Å²) in [5.41, 5.74) is 9.07. The summed E-state index contributed by atoms with van der Waals surface area (Å²) in [5, 5.41) is 3.10. The highest BCUT2D eigenvalue weighted by Crippen LogP contribution is 2.22. The van der Waals surface area contributed by atoms with Gasteiger partial charge in [0.05, 0.1) is 0 Å². The molecule has 0 saturated carbocycles. The molecule has 0 spiro atoms. The average Bonchev–Trinajstić information content (AvgIpc) is 2.36. The number of rotatable bonds is 4. The number of benzene rings is 2. The third-order valence-corrected chi connectivity index (χ3v) is 3.02. The summed E-state index contributed by atoms with van der Waals surface area (Å²) in [6.07, 6.45) is 0. The lowest BCUT2D eigenvalue weighted by Gasteiger charge is -2.18. The highest BCUT2D eigenvalue weighted by molar-refractivity contribution is 5.84. The van der Waals surface area contributed by atoms with Crippen LogP contribution in [0, 0.1) is 19.7 Å². The van der Waals surface area contributed by atoms with Gasteiger partial charge in [-0.2, -0.15) is 0 Å². The van der Waals surface area contributed by atoms with Crippen LogP contribution >= 0.6 is 0 Å². The van der Waals surface area contributed by atoms with Crippen molar-refractivity contribution in [2.24, 2.45) is 5.73 Å². The molecule has 0 bridgehead atoms. The topological polar surface area (TPSA) is 55.1 Å². The third kappa shape index (κ3) is 3.35. The molecule has 104 valence electrons. The van der Waals surface area contributed by atoms with Crippen LogP contribution < -0.4 is 11.1 Å². The molecular weight excluding hydrogens is 255 g/mol. The van der Waals surface area contributed by atoms with E-state index in [1.165, 1.54) is 12.1 Å². The van der Waals surface area contributed by atoms with Gasteiger partial charge in [-0.05, 0) is 54.8 Å². The molecule has 3 N–H and O–H groups in total. The largest absolute Gasteiger partial charge is 0.370 e. The molecule has 2 aromatic carbocycles. The summed E-state index contributed by atoms with van der Waals surface area (Å²) in [4.78, 5) is 11.6. The first-order chi connectivity index (χ1) is 9.45. The summed E-state index contributed by atoms with van der Waals surface area (Å²) >= 11 is 0. The van der Waals surface area contributed by atoms with E-state index in [9.17, 15) is 9.18 Å². The van der Waals surface area contributed by atoms with Gasteiger partial charge >= 0.3 is 0 Å². The molecule has 0 fully saturated rings. The number of carbonyl (C=O) groups excluding carboxylic acids is 1. The fourth-order valence-electron chi connectivity index (χ4n) is 2.20. The maximum Gasteiger partial charge on any atom is 0.244 e. The van der Waals surface area contributed by atoms with Crippen LogP contribution in [0.1, 0.15) is 22.7 Å². The Kier molecular flexibility index (Phi) is 4.03. The molecule has 20 heavy (non-hydrogen) atoms. The predicted molar refractivity (Wildman–Crippen MR) is 77.9 cm³/mol. The molecule has 0 saturated heterocycles. The normalized spacial score (nSPS) is 11.9. The fraction of sp³-hybridized carbons (Fsp3) is 0.188. The number of amides is 1. The molecule has 3 nitrogen and oxygen atoms in total. The zero-order valence-electron chi connectivity index (χ0n) is 11.5. The van der Waals surface area contributed by atoms with Crippen LogP contribution in [-0.4, -0.2) is 5.91 Å². The monoisotopic (exact) mass is 272 g/mol. The van der Waals surface area contributed by atoms with Gasteiger partial charge in [-0.3, -0.25) is 4.79 Å². The van der Waals surface area contributed by atoms with Crippen LogP contribution in [0.5, 0.6) is 0 Å². The van der Waals surface area contributed by atoms with Crippen molar-refractivity contribution in [2.45, 2.75) is 19.9 Å². The molecule has 2 rings (SSSR count). The molecule has 0 aliphatic heterocycles. The lowest BCUT2D eigenvalue weighted by atomic mass is 10.0. The quantitative estimate of drug-likeness (QED) is 0.898. The number of primary amides is 1. The van der Waals surface area contributed by atoms with Gasteiger partial charge in [-0.25, -0.2) is 4.39 Å². The minimum absolute atomic E-state index is 0.344. The molecule has 1 amide bonds. The fourth-order valence-corrected chi connectivity index (χ4v) is 2.20. The summed E-state index contributed by atoms with van der Waals surface area (Å²) in [6, 6.07) is 11.0. The number of halogens is 1. The molecule has 0 radical (unpaired) electrons. The Morgan fingerprint density at radius 1 is 1.10 bits per heavy atom. The number of anilines is 1. The van der Waals surface area contributed by atoms with Gasteiger partial charge in [-0.1, -0.05) is 18.2 Å². The number of carbonyl (C=O) groups is 1. The van der Waals surface area contributed by atoms with E-state index in [0.717, 1.165) is 16.8 Å². The smallest absolute Gasteiger partial charge is 0.244 e. The molecule has 0 aliphatic carbocycles. The number of nitrogens with two attached hydrogens (primary N) is 1. The molecule has 0 unspecified atom stereocenters. The Morgan fingerprint density at radius 2 is 1.65 bits per heavy atom. The number of aryl methyl sites for hydroxylation is 2. The highest BCUT2D eigenvalue weighted by Gasteiger charge is 2.17. The van der Waals surface area contributed by atoms with E-state index in [1.54, 1.807) is 12.1 Å². The Balaban J connectivity index is 2.30. The SMILES string of the molecule is Cc1cc(C)cc(N[C@@H](C(N)=O)c2ccc(F)cc2)c1. The third-order valence-electron chi connectivity index (χ3n) is 3.02. The van der Waals surface area contributed by atoms with Crippen molar-refractivity contribution in [3.05, 3.63) is 65.0 Å². The van der Waals surface area contributed by atoms with Crippen molar-refractivity contribution in [3.63, 3.8) is 0 Å². The van der Waals surface area contributed by atoms with Gasteiger partial charge in [0.25, 0.3) is 0 Å². The molecule has 2 aromatic rings. The summed E-state index contributed by atoms with van der Waals surface area (Å²) in [7, 11) is 0. The van der Waals surface area contributed by atoms with E-state index in [-0.39, 0.29) is 5.82 Å². The zero-order valence-corrected chi connectivity index (χ0v) is 11.5. The van der Waals surface area contributed by atoms with Crippen molar-refractivity contribution in [2.75, 3.05) is 5.32 Å². The first-order valence-corrected chi connectivity index (χ1v) is 6.35. The highest BCUT2D eigenvalue weighted by atomic mass is 19.1. The number of hydrogen-bond donors (Lipinski definition) is 2. The lowest BCUT2D eigenvalue weighted by molar-refractivity contribution is -0.118. The minimum Gasteiger partial charge on any atom is -0.370 e. The van der Waals surface area contributed by atoms with Crippen LogP contribution in [0.2, 0.25) is 0 Å². The van der Waals surface area contributed by atoms with E-state index in [0.29, 0.717) is 5.56 Å². The Labute approximate surface area is 117 Å². The van der Waals surface area contributed by atoms with E-state index < -0.39 is 11.9 Å². The number of hydrogen-bond acceptors (Lipinski definition) is 2. The van der Waals surface area contributed by atoms with Gasteiger partial charge < -0.3 is 11.1 Å². The molecule has 1 atom stereocenters. The molecule has 4 heteroatoms. The molecule has 0 heterocycles. The molecule has 0 aliphatic rings. The van der Waals surface area contributed by atoms with Crippen LogP contribution in [0.25, 0.3) is 0 Å². The predicted octanol–water partition coefficient (Wildman–Crippen LogP) is 3.08. The van der Waals surface area contributed by atoms with Crippen LogP contribution in [0.4, 0.5) is 10.1 Å². The Bertz CT molecular complexity index is 603. The van der Waals surface area contributed by atoms with Crippen LogP contribution in [-0.2, 0) is 4.79 Å². The maximum absolute atomic E-state index is 12.9. The first kappa shape index (κ1) is 14.1. The van der Waals surface area contributed by atoms with Crippen LogP contribution in [0.3, 0.4) is 0 Å². The van der Waals surface area contributed by atoms with Crippen molar-refractivity contribution < 1.29 is 9.18 Å². The van der Waals surface area contributed by atoms with Crippen molar-refractivity contribution in [3.8, 4) is 0 Å². The minimum atomic E-state index is -0.684. The van der Waals surface area contributed by atoms with Gasteiger partial charge in [0.2, 0.25) is 5.91 Å². The lowest BCUT2D eigenvalue weighted by Crippen LogP contribution is -2.27. The second-order valence-electron chi connectivity index (χ2n) is 4.91. The molecule has 0 aromatic heterocycles. The van der Waals surface area contributed by atoms with Gasteiger partial charge in [0.1, 0.15) is 11.9 Å². The van der Waals surface area contributed by atoms with E-state index in [1.807, 2.05) is 32.0 Å². The van der Waals surface area contributed by atoms with E-state index >= 15 is 0 Å². The zero-order chi connectivity index (χ0) is 14.7. The van der Waals surface area contributed by atoms with E-state index in [4.69, 9.17) is 5.73 Å². The molecular formula is C16H17FN2O. The van der Waals surface area contributed by atoms with Gasteiger partial charge in [0.15, 0.2) is 0 Å². The second-order valence-corrected chi connectivity index (χ2v) is 4.91. The Morgan fingerprint density at radius 3 is 2.15 bits per heavy atom. The first-order valence-electron chi connectivity index (χ1n) is 6.35. The average molecular weight is 272 g/mol. The van der Waals surface area contributed by atoms with Gasteiger partial charge in [-0.15, -0.1) is 0 Å². The van der Waals surface area contributed by atoms with Gasteiger partial charge in [0, 0.05) is 5.69 Å². The maximum atomic E-state index is 12.9. The van der Waals surface area contributed by atoms with Crippen molar-refractivity contribution >= 4 is 11.6 Å². The summed E-state index contributed by atoms with van der Waals surface area (Å²) in [5.74, 6) is -0.848. The number of nitrogens with one attached hydrogen (secondary N) is 1. The van der Waals surface area contributed by atoms with Crippen LogP contribution in [0.15, 0.2) is 42.5 Å². The second kappa shape index (κ2) is 5.74. The van der Waals surface area contributed by atoms with Crippen molar-refractivity contribution in [1.29, 1.82) is 0 Å². The Hall–Kier alpha value is -2.36. The summed E-state index contributed by atoms with van der Waals surface area (Å²) < 4.78 is 12.9. The van der Waals surface area contributed by atoms with E-state index in [2.05, 4.69) is 5.32 Å². The summed E-state index contributed by atoms with van der Waals surface area (Å²) in [6.45, 7) is 3.96. The van der Waals surface area contributed by atoms with Crippen molar-refractivity contribution in [1.82, 2.24) is 0 Å². The standard InChI is InChI=1S/C16H17FN2O/c1-10-7-11(2)9-14(8-10)19-15(16(18)20)12-3-5-13(17)6-4-12/h3-9,15,19H,1-2H3,(H2,18,20)/t15-/m1/s1.